The van der Waals surface area contributed by atoms with Gasteiger partial charge in [-0.15, -0.1) is 0 Å². The number of halogens is 2. The zero-order chi connectivity index (χ0) is 32.4. The molecule has 0 atom stereocenters. The van der Waals surface area contributed by atoms with Crippen molar-refractivity contribution in [1.29, 1.82) is 0 Å². The van der Waals surface area contributed by atoms with Gasteiger partial charge in [0.25, 0.3) is 11.8 Å². The molecule has 1 fully saturated rings. The van der Waals surface area contributed by atoms with E-state index >= 15 is 0 Å². The maximum Gasteiger partial charge on any atom is 0.338 e. The number of hydrogen-bond donors (Lipinski definition) is 1. The lowest BCUT2D eigenvalue weighted by Gasteiger charge is -2.29. The average molecular weight is 667 g/mol. The third-order valence-electron chi connectivity index (χ3n) is 7.36. The molecule has 6 rings (SSSR count). The molecule has 1 aliphatic rings. The van der Waals surface area contributed by atoms with Crippen LogP contribution in [0.2, 0.25) is 10.0 Å². The molecule has 1 aliphatic heterocycles. The minimum absolute atomic E-state index is 0.108. The van der Waals surface area contributed by atoms with Gasteiger partial charge >= 0.3 is 5.97 Å². The molecular weight excluding hydrogens is 641 g/mol. The fraction of sp³-hybridized carbons (Fsp3) is 0.0556. The molecule has 1 aromatic heterocycles. The maximum atomic E-state index is 14.0. The second kappa shape index (κ2) is 13.1. The highest BCUT2D eigenvalue weighted by atomic mass is 35.5. The van der Waals surface area contributed by atoms with Gasteiger partial charge in [-0.25, -0.2) is 4.79 Å². The number of rotatable bonds is 7. The van der Waals surface area contributed by atoms with Gasteiger partial charge in [0.05, 0.1) is 39.3 Å². The van der Waals surface area contributed by atoms with Crippen LogP contribution in [0.1, 0.15) is 22.8 Å². The van der Waals surface area contributed by atoms with Crippen LogP contribution < -0.4 is 10.2 Å². The molecule has 0 unspecified atom stereocenters. The van der Waals surface area contributed by atoms with Gasteiger partial charge in [0.15, 0.2) is 5.11 Å². The Morgan fingerprint density at radius 1 is 0.870 bits per heavy atom. The van der Waals surface area contributed by atoms with E-state index in [1.807, 2.05) is 83.4 Å². The van der Waals surface area contributed by atoms with Gasteiger partial charge in [-0.2, -0.15) is 0 Å². The summed E-state index contributed by atoms with van der Waals surface area (Å²) in [6.07, 6.45) is 1.56. The van der Waals surface area contributed by atoms with Gasteiger partial charge in [0, 0.05) is 11.3 Å². The number of ether oxygens (including phenoxy) is 1. The number of nitrogens with zero attached hydrogens (tertiary/aromatic N) is 2. The van der Waals surface area contributed by atoms with E-state index in [0.717, 1.165) is 28.2 Å². The fourth-order valence-electron chi connectivity index (χ4n) is 5.28. The number of carbonyl (C=O) groups is 3. The van der Waals surface area contributed by atoms with Crippen molar-refractivity contribution in [2.75, 3.05) is 11.5 Å². The number of carbonyl (C=O) groups excluding carboxylic acids is 3. The lowest BCUT2D eigenvalue weighted by Crippen LogP contribution is -2.54. The van der Waals surface area contributed by atoms with Crippen LogP contribution in [0.5, 0.6) is 0 Å². The average Bonchev–Trinajstić information content (AvgIpc) is 3.45. The topological polar surface area (TPSA) is 80.6 Å². The quantitative estimate of drug-likeness (QED) is 0.0822. The van der Waals surface area contributed by atoms with E-state index < -0.39 is 17.8 Å². The summed E-state index contributed by atoms with van der Waals surface area (Å²) in [7, 11) is 0. The van der Waals surface area contributed by atoms with Crippen LogP contribution in [0.25, 0.3) is 34.3 Å². The summed E-state index contributed by atoms with van der Waals surface area (Å²) < 4.78 is 7.21. The van der Waals surface area contributed by atoms with E-state index in [-0.39, 0.29) is 33.0 Å². The van der Waals surface area contributed by atoms with E-state index in [9.17, 15) is 14.4 Å². The first kappa shape index (κ1) is 31.0. The number of nitrogens with one attached hydrogen (secondary N) is 1. The maximum absolute atomic E-state index is 14.0. The minimum Gasteiger partial charge on any atom is -0.462 e. The van der Waals surface area contributed by atoms with Crippen molar-refractivity contribution in [2.24, 2.45) is 0 Å². The third kappa shape index (κ3) is 5.86. The molecule has 0 radical (unpaired) electrons. The number of benzene rings is 4. The monoisotopic (exact) mass is 665 g/mol. The van der Waals surface area contributed by atoms with Crippen LogP contribution >= 0.6 is 35.4 Å². The summed E-state index contributed by atoms with van der Waals surface area (Å²) in [6.45, 7) is 2.03. The summed E-state index contributed by atoms with van der Waals surface area (Å²) in [5.74, 6) is -1.71. The van der Waals surface area contributed by atoms with E-state index in [0.29, 0.717) is 11.1 Å². The fourth-order valence-corrected chi connectivity index (χ4v) is 5.93. The van der Waals surface area contributed by atoms with E-state index in [2.05, 4.69) is 5.32 Å². The minimum atomic E-state index is -0.648. The normalized spacial score (nSPS) is 14.0. The van der Waals surface area contributed by atoms with Crippen molar-refractivity contribution in [2.45, 2.75) is 6.92 Å². The van der Waals surface area contributed by atoms with Gasteiger partial charge < -0.3 is 9.30 Å². The molecule has 0 spiro atoms. The summed E-state index contributed by atoms with van der Waals surface area (Å²) in [4.78, 5) is 40.9. The summed E-state index contributed by atoms with van der Waals surface area (Å²) >= 11 is 18.1. The van der Waals surface area contributed by atoms with Crippen LogP contribution in [0.15, 0.2) is 115 Å². The summed E-state index contributed by atoms with van der Waals surface area (Å²) in [5.41, 5.74) is 5.13. The van der Waals surface area contributed by atoms with Crippen LogP contribution in [0.4, 0.5) is 5.69 Å². The SMILES string of the molecule is CCOC(=O)c1ccc(-n2c(-c3ccccc3)cc(C=C3C(=O)NC(=S)N(c4cccc(Cl)c4Cl)C3=O)c2-c2ccccc2)cc1. The van der Waals surface area contributed by atoms with Crippen molar-refractivity contribution in [3.05, 3.63) is 136 Å². The molecule has 10 heteroatoms. The van der Waals surface area contributed by atoms with Crippen molar-refractivity contribution < 1.29 is 19.1 Å². The Labute approximate surface area is 280 Å². The number of thiocarbonyl (C=S) groups is 1. The first-order valence-electron chi connectivity index (χ1n) is 14.3. The number of amides is 2. The Morgan fingerprint density at radius 3 is 2.17 bits per heavy atom. The molecule has 1 saturated heterocycles. The predicted molar refractivity (Wildman–Crippen MR) is 185 cm³/mol. The Hall–Kier alpha value is -5.02. The molecule has 228 valence electrons. The second-order valence-corrected chi connectivity index (χ2v) is 11.4. The molecule has 5 aromatic rings. The molecule has 0 bridgehead atoms. The first-order valence-corrected chi connectivity index (χ1v) is 15.4. The molecule has 0 saturated carbocycles. The lowest BCUT2D eigenvalue weighted by molar-refractivity contribution is -0.122. The highest BCUT2D eigenvalue weighted by Gasteiger charge is 2.36. The Balaban J connectivity index is 1.58. The van der Waals surface area contributed by atoms with Crippen molar-refractivity contribution in [1.82, 2.24) is 9.88 Å². The second-order valence-electron chi connectivity index (χ2n) is 10.2. The Bertz CT molecular complexity index is 2020. The standard InChI is InChI=1S/C36H25Cl2N3O4S/c1-2-45-35(44)24-16-18-26(19-17-24)40-30(22-10-5-3-6-11-22)21-25(32(40)23-12-7-4-8-13-23)20-27-33(42)39-36(46)41(34(27)43)29-15-9-14-28(37)31(29)38/h3-21H,2H2,1H3,(H,39,42,46). The van der Waals surface area contributed by atoms with Crippen molar-refractivity contribution in [3.63, 3.8) is 0 Å². The molecule has 46 heavy (non-hydrogen) atoms. The molecule has 7 nitrogen and oxygen atoms in total. The third-order valence-corrected chi connectivity index (χ3v) is 8.45. The number of hydrogen-bond acceptors (Lipinski definition) is 5. The van der Waals surface area contributed by atoms with Crippen LogP contribution in [-0.4, -0.2) is 34.1 Å². The molecule has 2 amide bonds. The predicted octanol–water partition coefficient (Wildman–Crippen LogP) is 8.13. The highest BCUT2D eigenvalue weighted by molar-refractivity contribution is 7.80. The van der Waals surface area contributed by atoms with E-state index in [1.165, 1.54) is 4.90 Å². The van der Waals surface area contributed by atoms with E-state index in [1.54, 1.807) is 43.3 Å². The molecule has 2 heterocycles. The largest absolute Gasteiger partial charge is 0.462 e. The first-order chi connectivity index (χ1) is 22.3. The van der Waals surface area contributed by atoms with E-state index in [4.69, 9.17) is 40.2 Å². The van der Waals surface area contributed by atoms with Gasteiger partial charge in [0.1, 0.15) is 5.57 Å². The molecular formula is C36H25Cl2N3O4S. The van der Waals surface area contributed by atoms with Crippen molar-refractivity contribution >= 4 is 70.1 Å². The summed E-state index contributed by atoms with van der Waals surface area (Å²) in [6, 6.07) is 33.2. The van der Waals surface area contributed by atoms with Gasteiger partial charge in [0.2, 0.25) is 0 Å². The lowest BCUT2D eigenvalue weighted by atomic mass is 10.0. The number of aromatic nitrogens is 1. The Morgan fingerprint density at radius 2 is 1.52 bits per heavy atom. The molecule has 1 N–H and O–H groups in total. The zero-order valence-electron chi connectivity index (χ0n) is 24.4. The van der Waals surface area contributed by atoms with Gasteiger partial charge in [-0.05, 0) is 78.8 Å². The number of esters is 1. The number of anilines is 1. The van der Waals surface area contributed by atoms with Crippen LogP contribution in [-0.2, 0) is 14.3 Å². The van der Waals surface area contributed by atoms with Crippen LogP contribution in [0.3, 0.4) is 0 Å². The zero-order valence-corrected chi connectivity index (χ0v) is 26.7. The molecule has 4 aromatic carbocycles. The molecule has 0 aliphatic carbocycles. The van der Waals surface area contributed by atoms with Gasteiger partial charge in [-0.3, -0.25) is 19.8 Å². The Kier molecular flexibility index (Phi) is 8.85. The highest BCUT2D eigenvalue weighted by Crippen LogP contribution is 2.39. The van der Waals surface area contributed by atoms with Crippen molar-refractivity contribution in [3.8, 4) is 28.2 Å². The van der Waals surface area contributed by atoms with Crippen LogP contribution in [0, 0.1) is 0 Å². The summed E-state index contributed by atoms with van der Waals surface area (Å²) in [5, 5.41) is 2.88. The smallest absolute Gasteiger partial charge is 0.338 e. The van der Waals surface area contributed by atoms with Gasteiger partial charge in [-0.1, -0.05) is 89.9 Å².